The highest BCUT2D eigenvalue weighted by molar-refractivity contribution is 7.09. The van der Waals surface area contributed by atoms with Gasteiger partial charge in [0.1, 0.15) is 16.8 Å². The minimum Gasteiger partial charge on any atom is -0.394 e. The van der Waals surface area contributed by atoms with Crippen LogP contribution < -0.4 is 5.73 Å². The summed E-state index contributed by atoms with van der Waals surface area (Å²) in [6.45, 7) is -0.376. The normalized spacial score (nSPS) is 10.9. The first-order chi connectivity index (χ1) is 7.17. The standard InChI is InChI=1S/C8H12N2O4S/c9-8(13)6-4-15-7(10-6)3-14-5(1-11)2-12/h4-5,11-12H,1-3H2,(H2,9,13). The van der Waals surface area contributed by atoms with Crippen LogP contribution in [0.2, 0.25) is 0 Å². The van der Waals surface area contributed by atoms with E-state index in [9.17, 15) is 4.79 Å². The van der Waals surface area contributed by atoms with Gasteiger partial charge in [-0.3, -0.25) is 4.79 Å². The molecule has 0 radical (unpaired) electrons. The molecule has 0 unspecified atom stereocenters. The minimum absolute atomic E-state index is 0.143. The van der Waals surface area contributed by atoms with Crippen molar-refractivity contribution in [2.75, 3.05) is 13.2 Å². The zero-order valence-corrected chi connectivity index (χ0v) is 8.74. The molecule has 0 atom stereocenters. The Labute approximate surface area is 90.3 Å². The molecule has 15 heavy (non-hydrogen) atoms. The van der Waals surface area contributed by atoms with E-state index in [1.807, 2.05) is 0 Å². The van der Waals surface area contributed by atoms with Crippen LogP contribution in [-0.4, -0.2) is 40.4 Å². The summed E-state index contributed by atoms with van der Waals surface area (Å²) in [5.74, 6) is -0.585. The van der Waals surface area contributed by atoms with Crippen LogP contribution in [0.4, 0.5) is 0 Å². The monoisotopic (exact) mass is 232 g/mol. The molecule has 0 aromatic carbocycles. The van der Waals surface area contributed by atoms with E-state index in [1.54, 1.807) is 0 Å². The van der Waals surface area contributed by atoms with Gasteiger partial charge in [-0.05, 0) is 0 Å². The van der Waals surface area contributed by atoms with Crippen LogP contribution in [0.1, 0.15) is 15.5 Å². The molecule has 4 N–H and O–H groups in total. The number of thiazole rings is 1. The molecule has 1 aromatic heterocycles. The number of ether oxygens (including phenoxy) is 1. The van der Waals surface area contributed by atoms with Gasteiger partial charge in [0, 0.05) is 5.38 Å². The van der Waals surface area contributed by atoms with E-state index in [2.05, 4.69) is 4.98 Å². The summed E-state index contributed by atoms with van der Waals surface area (Å²) in [6, 6.07) is 0. The van der Waals surface area contributed by atoms with E-state index in [-0.39, 0.29) is 25.5 Å². The van der Waals surface area contributed by atoms with Crippen molar-refractivity contribution in [3.63, 3.8) is 0 Å². The summed E-state index contributed by atoms with van der Waals surface area (Å²) in [5.41, 5.74) is 5.22. The summed E-state index contributed by atoms with van der Waals surface area (Å²) >= 11 is 1.24. The van der Waals surface area contributed by atoms with Gasteiger partial charge in [0.25, 0.3) is 5.91 Å². The smallest absolute Gasteiger partial charge is 0.268 e. The lowest BCUT2D eigenvalue weighted by molar-refractivity contribution is -0.0285. The molecule has 0 aliphatic carbocycles. The van der Waals surface area contributed by atoms with Crippen molar-refractivity contribution in [3.05, 3.63) is 16.1 Å². The van der Waals surface area contributed by atoms with Gasteiger partial charge in [0.2, 0.25) is 0 Å². The molecule has 0 fully saturated rings. The Morgan fingerprint density at radius 1 is 1.60 bits per heavy atom. The van der Waals surface area contributed by atoms with Gasteiger partial charge in [0.15, 0.2) is 0 Å². The maximum atomic E-state index is 10.7. The number of primary amides is 1. The predicted molar refractivity (Wildman–Crippen MR) is 53.4 cm³/mol. The topological polar surface area (TPSA) is 106 Å². The van der Waals surface area contributed by atoms with E-state index in [0.717, 1.165) is 0 Å². The fraction of sp³-hybridized carbons (Fsp3) is 0.500. The average molecular weight is 232 g/mol. The van der Waals surface area contributed by atoms with Crippen molar-refractivity contribution in [1.29, 1.82) is 0 Å². The first kappa shape index (κ1) is 12.1. The molecule has 0 bridgehead atoms. The number of aliphatic hydroxyl groups excluding tert-OH is 2. The fourth-order valence-electron chi connectivity index (χ4n) is 0.843. The summed E-state index contributed by atoms with van der Waals surface area (Å²) in [6.07, 6.45) is -0.620. The average Bonchev–Trinajstić information content (AvgIpc) is 2.68. The second-order valence-electron chi connectivity index (χ2n) is 2.79. The van der Waals surface area contributed by atoms with Crippen LogP contribution in [0.5, 0.6) is 0 Å². The van der Waals surface area contributed by atoms with Crippen LogP contribution in [0.15, 0.2) is 5.38 Å². The molecule has 0 spiro atoms. The van der Waals surface area contributed by atoms with Gasteiger partial charge in [-0.25, -0.2) is 4.98 Å². The minimum atomic E-state index is -0.620. The molecule has 0 aliphatic heterocycles. The van der Waals surface area contributed by atoms with Gasteiger partial charge < -0.3 is 20.7 Å². The Morgan fingerprint density at radius 2 is 2.27 bits per heavy atom. The third-order valence-electron chi connectivity index (χ3n) is 1.65. The van der Waals surface area contributed by atoms with E-state index in [4.69, 9.17) is 20.7 Å². The number of nitrogens with zero attached hydrogens (tertiary/aromatic N) is 1. The lowest BCUT2D eigenvalue weighted by atomic mass is 10.4. The molecule has 0 saturated heterocycles. The second-order valence-corrected chi connectivity index (χ2v) is 3.73. The number of hydrogen-bond donors (Lipinski definition) is 3. The molecule has 7 heteroatoms. The lowest BCUT2D eigenvalue weighted by Gasteiger charge is -2.10. The molecule has 0 aliphatic rings. The summed E-state index contributed by atoms with van der Waals surface area (Å²) in [5, 5.41) is 19.6. The van der Waals surface area contributed by atoms with Gasteiger partial charge in [-0.1, -0.05) is 0 Å². The van der Waals surface area contributed by atoms with Crippen molar-refractivity contribution in [3.8, 4) is 0 Å². The molecular formula is C8H12N2O4S. The van der Waals surface area contributed by atoms with Crippen LogP contribution in [0, 0.1) is 0 Å². The highest BCUT2D eigenvalue weighted by atomic mass is 32.1. The van der Waals surface area contributed by atoms with Gasteiger partial charge in [-0.15, -0.1) is 11.3 Å². The number of carbonyl (C=O) groups is 1. The quantitative estimate of drug-likeness (QED) is 0.590. The van der Waals surface area contributed by atoms with Crippen molar-refractivity contribution in [2.45, 2.75) is 12.7 Å². The van der Waals surface area contributed by atoms with Crippen LogP contribution in [-0.2, 0) is 11.3 Å². The molecule has 1 rings (SSSR count). The van der Waals surface area contributed by atoms with Gasteiger partial charge in [0.05, 0.1) is 19.8 Å². The Hall–Kier alpha value is -1.02. The number of hydrogen-bond acceptors (Lipinski definition) is 6. The number of aliphatic hydroxyl groups is 2. The third kappa shape index (κ3) is 3.56. The Kier molecular flexibility index (Phi) is 4.63. The van der Waals surface area contributed by atoms with Crippen molar-refractivity contribution < 1.29 is 19.7 Å². The van der Waals surface area contributed by atoms with Crippen molar-refractivity contribution in [1.82, 2.24) is 4.98 Å². The summed E-state index contributed by atoms with van der Waals surface area (Å²) in [4.78, 5) is 14.6. The van der Waals surface area contributed by atoms with Crippen LogP contribution in [0.3, 0.4) is 0 Å². The number of rotatable bonds is 6. The number of amides is 1. The van der Waals surface area contributed by atoms with Gasteiger partial charge in [-0.2, -0.15) is 0 Å². The maximum absolute atomic E-state index is 10.7. The van der Waals surface area contributed by atoms with Crippen molar-refractivity contribution in [2.24, 2.45) is 5.73 Å². The first-order valence-corrected chi connectivity index (χ1v) is 5.13. The third-order valence-corrected chi connectivity index (χ3v) is 2.48. The molecule has 1 aromatic rings. The largest absolute Gasteiger partial charge is 0.394 e. The summed E-state index contributed by atoms with van der Waals surface area (Å²) < 4.78 is 5.12. The zero-order chi connectivity index (χ0) is 11.3. The highest BCUT2D eigenvalue weighted by Gasteiger charge is 2.10. The Balaban J connectivity index is 2.47. The molecule has 1 amide bonds. The lowest BCUT2D eigenvalue weighted by Crippen LogP contribution is -2.21. The number of aromatic nitrogens is 1. The van der Waals surface area contributed by atoms with E-state index in [1.165, 1.54) is 16.7 Å². The number of carbonyl (C=O) groups excluding carboxylic acids is 1. The highest BCUT2D eigenvalue weighted by Crippen LogP contribution is 2.11. The Morgan fingerprint density at radius 3 is 2.73 bits per heavy atom. The molecule has 84 valence electrons. The number of nitrogens with two attached hydrogens (primary N) is 1. The summed E-state index contributed by atoms with van der Waals surface area (Å²) in [7, 11) is 0. The molecular weight excluding hydrogens is 220 g/mol. The van der Waals surface area contributed by atoms with Crippen molar-refractivity contribution >= 4 is 17.2 Å². The first-order valence-electron chi connectivity index (χ1n) is 4.25. The van der Waals surface area contributed by atoms with Gasteiger partial charge >= 0.3 is 0 Å². The van der Waals surface area contributed by atoms with E-state index >= 15 is 0 Å². The fourth-order valence-corrected chi connectivity index (χ4v) is 1.55. The van der Waals surface area contributed by atoms with Crippen LogP contribution >= 0.6 is 11.3 Å². The van der Waals surface area contributed by atoms with E-state index < -0.39 is 12.0 Å². The van der Waals surface area contributed by atoms with Crippen LogP contribution in [0.25, 0.3) is 0 Å². The van der Waals surface area contributed by atoms with E-state index in [0.29, 0.717) is 5.01 Å². The molecule has 1 heterocycles. The molecule has 6 nitrogen and oxygen atoms in total. The second kappa shape index (κ2) is 5.76. The SMILES string of the molecule is NC(=O)c1csc(COC(CO)CO)n1. The molecule has 0 saturated carbocycles. The maximum Gasteiger partial charge on any atom is 0.268 e. The predicted octanol–water partition coefficient (Wildman–Crippen LogP) is -0.888. The Bertz CT molecular complexity index is 324. The zero-order valence-electron chi connectivity index (χ0n) is 7.92.